The number of hydrogen-bond donors (Lipinski definition) is 2. The summed E-state index contributed by atoms with van der Waals surface area (Å²) in [6.07, 6.45) is 0.988. The number of phenolic OH excluding ortho intramolecular Hbond substituents is 2. The van der Waals surface area contributed by atoms with Gasteiger partial charge in [-0.3, -0.25) is 0 Å². The third-order valence-electron chi connectivity index (χ3n) is 2.61. The van der Waals surface area contributed by atoms with E-state index in [-0.39, 0.29) is 17.5 Å². The molecule has 0 saturated heterocycles. The predicted molar refractivity (Wildman–Crippen MR) is 76.9 cm³/mol. The summed E-state index contributed by atoms with van der Waals surface area (Å²) in [4.78, 5) is 11.0. The lowest BCUT2D eigenvalue weighted by molar-refractivity contribution is 0.0600. The first-order valence-electron chi connectivity index (χ1n) is 6.22. The zero-order valence-electron chi connectivity index (χ0n) is 11.5. The van der Waals surface area contributed by atoms with Gasteiger partial charge in [-0.1, -0.05) is 25.1 Å². The molecule has 2 rings (SSSR count). The number of rotatable bonds is 2. The monoisotopic (exact) mass is 274 g/mol. The maximum atomic E-state index is 11.0. The number of benzene rings is 2. The van der Waals surface area contributed by atoms with Crippen molar-refractivity contribution < 1.29 is 19.7 Å². The van der Waals surface area contributed by atoms with Crippen LogP contribution in [0.1, 0.15) is 22.8 Å². The molecule has 2 aromatic rings. The van der Waals surface area contributed by atoms with Gasteiger partial charge in [-0.15, -0.1) is 0 Å². The quantitative estimate of drug-likeness (QED) is 0.826. The van der Waals surface area contributed by atoms with Gasteiger partial charge in [0.1, 0.15) is 11.5 Å². The molecule has 4 heteroatoms. The number of aryl methyl sites for hydroxylation is 1. The van der Waals surface area contributed by atoms with Crippen LogP contribution in [0, 0.1) is 0 Å². The zero-order valence-corrected chi connectivity index (χ0v) is 11.5. The van der Waals surface area contributed by atoms with E-state index < -0.39 is 0 Å². The summed E-state index contributed by atoms with van der Waals surface area (Å²) in [5, 5.41) is 17.3. The summed E-state index contributed by atoms with van der Waals surface area (Å²) in [6.45, 7) is 2.08. The van der Waals surface area contributed by atoms with Crippen LogP contribution in [0.3, 0.4) is 0 Å². The number of aromatic hydroxyl groups is 2. The van der Waals surface area contributed by atoms with Crippen LogP contribution in [0.25, 0.3) is 0 Å². The molecule has 0 aliphatic carbocycles. The predicted octanol–water partition coefficient (Wildman–Crippen LogP) is 3.13. The first kappa shape index (κ1) is 15.6. The molecule has 0 amide bonds. The van der Waals surface area contributed by atoms with Crippen molar-refractivity contribution in [1.29, 1.82) is 0 Å². The first-order valence-corrected chi connectivity index (χ1v) is 6.22. The van der Waals surface area contributed by atoms with Gasteiger partial charge in [0.05, 0.1) is 12.7 Å². The molecule has 2 aromatic carbocycles. The zero-order chi connectivity index (χ0) is 15.0. The highest BCUT2D eigenvalue weighted by molar-refractivity contribution is 5.89. The van der Waals surface area contributed by atoms with Gasteiger partial charge < -0.3 is 14.9 Å². The summed E-state index contributed by atoms with van der Waals surface area (Å²) in [5.74, 6) is -0.104. The molecule has 0 bridgehead atoms. The molecule has 0 fully saturated rings. The molecule has 0 radical (unpaired) electrons. The number of methoxy groups -OCH3 is 1. The lowest BCUT2D eigenvalue weighted by Gasteiger charge is -1.99. The fourth-order valence-electron chi connectivity index (χ4n) is 1.49. The molecule has 0 saturated carbocycles. The Kier molecular flexibility index (Phi) is 6.10. The highest BCUT2D eigenvalue weighted by Gasteiger charge is 2.02. The Morgan fingerprint density at radius 1 is 1.05 bits per heavy atom. The standard InChI is InChI=1S/C10H12O2.C6H6O2/c1-3-8-4-6-9(7-5-8)10(11)12-2;7-5-2-1-3-6(8)4-5/h4-7H,3H2,1-2H3;1-4,7-8H. The molecule has 0 aliphatic heterocycles. The van der Waals surface area contributed by atoms with E-state index in [0.29, 0.717) is 5.56 Å². The van der Waals surface area contributed by atoms with Crippen molar-refractivity contribution >= 4 is 5.97 Å². The van der Waals surface area contributed by atoms with E-state index in [1.807, 2.05) is 12.1 Å². The Balaban J connectivity index is 0.000000217. The maximum Gasteiger partial charge on any atom is 0.337 e. The van der Waals surface area contributed by atoms with Gasteiger partial charge in [0, 0.05) is 6.07 Å². The molecule has 0 aromatic heterocycles. The van der Waals surface area contributed by atoms with E-state index in [0.717, 1.165) is 6.42 Å². The number of phenols is 2. The number of esters is 1. The Bertz CT molecular complexity index is 529. The van der Waals surface area contributed by atoms with Gasteiger partial charge in [0.2, 0.25) is 0 Å². The van der Waals surface area contributed by atoms with E-state index in [1.54, 1.807) is 18.2 Å². The van der Waals surface area contributed by atoms with Crippen LogP contribution in [0.2, 0.25) is 0 Å². The highest BCUT2D eigenvalue weighted by atomic mass is 16.5. The van der Waals surface area contributed by atoms with Crippen molar-refractivity contribution in [2.45, 2.75) is 13.3 Å². The molecule has 0 spiro atoms. The SMILES string of the molecule is CCc1ccc(C(=O)OC)cc1.Oc1cccc(O)c1. The van der Waals surface area contributed by atoms with Crippen LogP contribution in [-0.4, -0.2) is 23.3 Å². The second-order valence-corrected chi connectivity index (χ2v) is 4.06. The fraction of sp³-hybridized carbons (Fsp3) is 0.188. The Morgan fingerprint density at radius 3 is 1.95 bits per heavy atom. The van der Waals surface area contributed by atoms with E-state index in [1.165, 1.54) is 30.9 Å². The fourth-order valence-corrected chi connectivity index (χ4v) is 1.49. The van der Waals surface area contributed by atoms with Crippen LogP contribution in [0.4, 0.5) is 0 Å². The highest BCUT2D eigenvalue weighted by Crippen LogP contribution is 2.14. The van der Waals surface area contributed by atoms with Crippen LogP contribution in [0.15, 0.2) is 48.5 Å². The van der Waals surface area contributed by atoms with Gasteiger partial charge in [0.25, 0.3) is 0 Å². The number of carbonyl (C=O) groups is 1. The first-order chi connectivity index (χ1) is 9.56. The Morgan fingerprint density at radius 2 is 1.60 bits per heavy atom. The van der Waals surface area contributed by atoms with Crippen LogP contribution in [0.5, 0.6) is 11.5 Å². The average Bonchev–Trinajstić information content (AvgIpc) is 2.47. The lowest BCUT2D eigenvalue weighted by Crippen LogP contribution is -2.00. The Hall–Kier alpha value is -2.49. The molecule has 0 aliphatic rings. The Labute approximate surface area is 118 Å². The van der Waals surface area contributed by atoms with Gasteiger partial charge in [-0.05, 0) is 36.2 Å². The molecule has 0 heterocycles. The van der Waals surface area contributed by atoms with E-state index in [4.69, 9.17) is 10.2 Å². The second kappa shape index (κ2) is 7.84. The minimum absolute atomic E-state index is 0.0880. The number of hydrogen-bond acceptors (Lipinski definition) is 4. The summed E-state index contributed by atoms with van der Waals surface area (Å²) < 4.78 is 4.57. The summed E-state index contributed by atoms with van der Waals surface area (Å²) in [5.41, 5.74) is 1.83. The van der Waals surface area contributed by atoms with Crippen molar-refractivity contribution in [2.75, 3.05) is 7.11 Å². The van der Waals surface area contributed by atoms with Crippen LogP contribution in [-0.2, 0) is 11.2 Å². The number of ether oxygens (including phenoxy) is 1. The van der Waals surface area contributed by atoms with Crippen LogP contribution < -0.4 is 0 Å². The second-order valence-electron chi connectivity index (χ2n) is 4.06. The van der Waals surface area contributed by atoms with Crippen molar-refractivity contribution in [3.63, 3.8) is 0 Å². The van der Waals surface area contributed by atoms with E-state index in [2.05, 4.69) is 11.7 Å². The van der Waals surface area contributed by atoms with Crippen molar-refractivity contribution in [3.8, 4) is 11.5 Å². The van der Waals surface area contributed by atoms with Crippen molar-refractivity contribution in [1.82, 2.24) is 0 Å². The van der Waals surface area contributed by atoms with E-state index in [9.17, 15) is 4.79 Å². The molecular weight excluding hydrogens is 256 g/mol. The van der Waals surface area contributed by atoms with Gasteiger partial charge in [-0.2, -0.15) is 0 Å². The maximum absolute atomic E-state index is 11.0. The third kappa shape index (κ3) is 5.02. The normalized spacial score (nSPS) is 9.30. The van der Waals surface area contributed by atoms with Gasteiger partial charge in [0.15, 0.2) is 0 Å². The summed E-state index contributed by atoms with van der Waals surface area (Å²) >= 11 is 0. The molecule has 4 nitrogen and oxygen atoms in total. The molecule has 0 unspecified atom stereocenters. The van der Waals surface area contributed by atoms with Gasteiger partial charge in [-0.25, -0.2) is 4.79 Å². The largest absolute Gasteiger partial charge is 0.508 e. The molecule has 0 atom stereocenters. The average molecular weight is 274 g/mol. The minimum Gasteiger partial charge on any atom is -0.508 e. The van der Waals surface area contributed by atoms with Crippen LogP contribution >= 0.6 is 0 Å². The summed E-state index contributed by atoms with van der Waals surface area (Å²) in [7, 11) is 1.38. The lowest BCUT2D eigenvalue weighted by atomic mass is 10.1. The topological polar surface area (TPSA) is 66.8 Å². The third-order valence-corrected chi connectivity index (χ3v) is 2.61. The molecule has 2 N–H and O–H groups in total. The molecule has 20 heavy (non-hydrogen) atoms. The number of carbonyl (C=O) groups excluding carboxylic acids is 1. The van der Waals surface area contributed by atoms with Crippen molar-refractivity contribution in [3.05, 3.63) is 59.7 Å². The van der Waals surface area contributed by atoms with E-state index >= 15 is 0 Å². The smallest absolute Gasteiger partial charge is 0.337 e. The molecule has 106 valence electrons. The molecular formula is C16H18O4. The minimum atomic E-state index is -0.280. The van der Waals surface area contributed by atoms with Gasteiger partial charge >= 0.3 is 5.97 Å². The van der Waals surface area contributed by atoms with Crippen molar-refractivity contribution in [2.24, 2.45) is 0 Å². The summed E-state index contributed by atoms with van der Waals surface area (Å²) in [6, 6.07) is 13.3.